The van der Waals surface area contributed by atoms with Crippen molar-refractivity contribution in [1.82, 2.24) is 0 Å². The van der Waals surface area contributed by atoms with Gasteiger partial charge < -0.3 is 0 Å². The van der Waals surface area contributed by atoms with Gasteiger partial charge in [0.05, 0.1) is 11.1 Å². The lowest BCUT2D eigenvalue weighted by atomic mass is 10.0. The highest BCUT2D eigenvalue weighted by Gasteiger charge is 2.22. The highest BCUT2D eigenvalue weighted by Crippen LogP contribution is 2.25. The number of hydrogen-bond donors (Lipinski definition) is 0. The van der Waals surface area contributed by atoms with Crippen molar-refractivity contribution < 1.29 is 0 Å². The molecule has 2 heteroatoms. The van der Waals surface area contributed by atoms with Crippen LogP contribution in [0, 0.1) is 6.92 Å². The van der Waals surface area contributed by atoms with Gasteiger partial charge in [0, 0.05) is 5.75 Å². The van der Waals surface area contributed by atoms with Gasteiger partial charge in [0.2, 0.25) is 0 Å². The molecule has 0 saturated carbocycles. The fourth-order valence-corrected chi connectivity index (χ4v) is 1.54. The van der Waals surface area contributed by atoms with Gasteiger partial charge in [-0.1, -0.05) is 6.92 Å². The molecule has 0 N–H and O–H groups in total. The minimum Gasteiger partial charge on any atom is -0.279 e. The Kier molecular flexibility index (Phi) is 1.61. The highest BCUT2D eigenvalue weighted by atomic mass is 32.2. The standard InChI is InChI=1S/C6H10NS/c1-3-6(2)4-8-5-7-6/h5H,1,3-4H2,2H3. The van der Waals surface area contributed by atoms with Gasteiger partial charge >= 0.3 is 0 Å². The average molecular weight is 128 g/mol. The summed E-state index contributed by atoms with van der Waals surface area (Å²) in [7, 11) is 0. The van der Waals surface area contributed by atoms with Crippen LogP contribution in [0.5, 0.6) is 0 Å². The largest absolute Gasteiger partial charge is 0.279 e. The number of hydrogen-bond acceptors (Lipinski definition) is 2. The molecular weight excluding hydrogens is 118 g/mol. The second kappa shape index (κ2) is 2.09. The van der Waals surface area contributed by atoms with Crippen LogP contribution in [0.2, 0.25) is 0 Å². The maximum Gasteiger partial charge on any atom is 0.0680 e. The van der Waals surface area contributed by atoms with Gasteiger partial charge in [0.1, 0.15) is 0 Å². The molecule has 0 amide bonds. The van der Waals surface area contributed by atoms with Crippen LogP contribution in [0.1, 0.15) is 13.3 Å². The molecule has 0 aromatic carbocycles. The zero-order valence-electron chi connectivity index (χ0n) is 5.05. The van der Waals surface area contributed by atoms with Gasteiger partial charge in [-0.05, 0) is 13.3 Å². The zero-order chi connectivity index (χ0) is 6.04. The van der Waals surface area contributed by atoms with Crippen LogP contribution in [0.3, 0.4) is 0 Å². The molecule has 0 spiro atoms. The SMILES string of the molecule is [CH2]CC1(C)CSC=N1. The normalized spacial score (nSPS) is 36.2. The highest BCUT2D eigenvalue weighted by molar-refractivity contribution is 8.12. The van der Waals surface area contributed by atoms with Crippen LogP contribution >= 0.6 is 11.8 Å². The first-order chi connectivity index (χ1) is 3.77. The van der Waals surface area contributed by atoms with E-state index >= 15 is 0 Å². The second-order valence-electron chi connectivity index (χ2n) is 2.29. The third kappa shape index (κ3) is 1.05. The van der Waals surface area contributed by atoms with Gasteiger partial charge in [0.15, 0.2) is 0 Å². The summed E-state index contributed by atoms with van der Waals surface area (Å²) in [5.41, 5.74) is 2.08. The molecule has 0 bridgehead atoms. The molecule has 0 aliphatic carbocycles. The van der Waals surface area contributed by atoms with E-state index in [9.17, 15) is 0 Å². The van der Waals surface area contributed by atoms with E-state index < -0.39 is 0 Å². The zero-order valence-corrected chi connectivity index (χ0v) is 5.87. The van der Waals surface area contributed by atoms with Crippen molar-refractivity contribution in [2.45, 2.75) is 18.9 Å². The Labute approximate surface area is 54.6 Å². The first kappa shape index (κ1) is 6.14. The Balaban J connectivity index is 2.54. The van der Waals surface area contributed by atoms with Crippen molar-refractivity contribution >= 4 is 17.3 Å². The number of thioether (sulfide) groups is 1. The van der Waals surface area contributed by atoms with E-state index in [0.29, 0.717) is 0 Å². The molecule has 1 rings (SSSR count). The van der Waals surface area contributed by atoms with E-state index in [-0.39, 0.29) is 5.54 Å². The summed E-state index contributed by atoms with van der Waals surface area (Å²) in [4.78, 5) is 4.26. The molecule has 1 heterocycles. The van der Waals surface area contributed by atoms with E-state index in [1.54, 1.807) is 11.8 Å². The van der Waals surface area contributed by atoms with Crippen LogP contribution in [0.4, 0.5) is 0 Å². The maximum absolute atomic E-state index is 4.26. The van der Waals surface area contributed by atoms with Crippen LogP contribution in [0.15, 0.2) is 4.99 Å². The molecule has 45 valence electrons. The van der Waals surface area contributed by atoms with Crippen LogP contribution in [-0.2, 0) is 0 Å². The predicted molar refractivity (Wildman–Crippen MR) is 39.3 cm³/mol. The average Bonchev–Trinajstić information content (AvgIpc) is 2.17. The van der Waals surface area contributed by atoms with Crippen LogP contribution in [-0.4, -0.2) is 16.8 Å². The van der Waals surface area contributed by atoms with Crippen molar-refractivity contribution in [1.29, 1.82) is 0 Å². The van der Waals surface area contributed by atoms with Crippen molar-refractivity contribution in [2.75, 3.05) is 5.75 Å². The van der Waals surface area contributed by atoms with E-state index in [0.717, 1.165) is 12.2 Å². The molecule has 1 unspecified atom stereocenters. The first-order valence-electron chi connectivity index (χ1n) is 2.71. The molecule has 1 radical (unpaired) electrons. The van der Waals surface area contributed by atoms with Gasteiger partial charge in [0.25, 0.3) is 0 Å². The Morgan fingerprint density at radius 2 is 2.75 bits per heavy atom. The quantitative estimate of drug-likeness (QED) is 0.524. The minimum atomic E-state index is 0.157. The molecule has 0 aromatic heterocycles. The molecule has 8 heavy (non-hydrogen) atoms. The Hall–Kier alpha value is 0.0200. The lowest BCUT2D eigenvalue weighted by Crippen LogP contribution is -2.19. The minimum absolute atomic E-state index is 0.157. The Morgan fingerprint density at radius 3 is 3.00 bits per heavy atom. The molecule has 1 aliphatic heterocycles. The summed E-state index contributed by atoms with van der Waals surface area (Å²) < 4.78 is 0. The van der Waals surface area contributed by atoms with Gasteiger partial charge in [-0.2, -0.15) is 0 Å². The molecule has 1 nitrogen and oxygen atoms in total. The van der Waals surface area contributed by atoms with Gasteiger partial charge in [-0.25, -0.2) is 0 Å². The van der Waals surface area contributed by atoms with E-state index in [1.165, 1.54) is 0 Å². The Bertz CT molecular complexity index is 111. The summed E-state index contributed by atoms with van der Waals surface area (Å²) >= 11 is 1.77. The lowest BCUT2D eigenvalue weighted by Gasteiger charge is -2.15. The molecule has 1 aliphatic rings. The summed E-state index contributed by atoms with van der Waals surface area (Å²) in [5.74, 6) is 1.11. The molecule has 0 fully saturated rings. The predicted octanol–water partition coefficient (Wildman–Crippen LogP) is 1.74. The molecular formula is C6H10NS. The summed E-state index contributed by atoms with van der Waals surface area (Å²) in [5, 5.41) is 0. The van der Waals surface area contributed by atoms with Gasteiger partial charge in [-0.15, -0.1) is 11.8 Å². The van der Waals surface area contributed by atoms with Crippen molar-refractivity contribution in [3.63, 3.8) is 0 Å². The third-order valence-electron chi connectivity index (χ3n) is 1.37. The van der Waals surface area contributed by atoms with E-state index in [4.69, 9.17) is 0 Å². The number of nitrogens with zero attached hydrogens (tertiary/aromatic N) is 1. The summed E-state index contributed by atoms with van der Waals surface area (Å²) in [6.07, 6.45) is 0.913. The first-order valence-corrected chi connectivity index (χ1v) is 3.76. The fraction of sp³-hybridized carbons (Fsp3) is 0.667. The molecule has 0 aromatic rings. The van der Waals surface area contributed by atoms with Crippen molar-refractivity contribution in [2.24, 2.45) is 4.99 Å². The lowest BCUT2D eigenvalue weighted by molar-refractivity contribution is 0.549. The Morgan fingerprint density at radius 1 is 2.00 bits per heavy atom. The van der Waals surface area contributed by atoms with E-state index in [1.807, 2.05) is 5.55 Å². The maximum atomic E-state index is 4.26. The summed E-state index contributed by atoms with van der Waals surface area (Å²) in [6.45, 7) is 5.95. The third-order valence-corrected chi connectivity index (χ3v) is 2.41. The monoisotopic (exact) mass is 128 g/mol. The van der Waals surface area contributed by atoms with Gasteiger partial charge in [-0.3, -0.25) is 4.99 Å². The van der Waals surface area contributed by atoms with Crippen molar-refractivity contribution in [3.05, 3.63) is 6.92 Å². The number of rotatable bonds is 1. The summed E-state index contributed by atoms with van der Waals surface area (Å²) in [6, 6.07) is 0. The van der Waals surface area contributed by atoms with Crippen LogP contribution in [0.25, 0.3) is 0 Å². The van der Waals surface area contributed by atoms with E-state index in [2.05, 4.69) is 18.8 Å². The van der Waals surface area contributed by atoms with Crippen LogP contribution < -0.4 is 0 Å². The number of aliphatic imine (C=N–C) groups is 1. The topological polar surface area (TPSA) is 12.4 Å². The fourth-order valence-electron chi connectivity index (χ4n) is 0.555. The molecule has 0 saturated heterocycles. The second-order valence-corrected chi connectivity index (χ2v) is 3.13. The van der Waals surface area contributed by atoms with Crippen molar-refractivity contribution in [3.8, 4) is 0 Å². The molecule has 1 atom stereocenters. The smallest absolute Gasteiger partial charge is 0.0680 e.